The molecular weight excluding hydrogens is 373 g/mol. The van der Waals surface area contributed by atoms with E-state index < -0.39 is 40.7 Å². The highest BCUT2D eigenvalue weighted by Crippen LogP contribution is 2.16. The van der Waals surface area contributed by atoms with E-state index in [1.54, 1.807) is 13.8 Å². The molecule has 0 spiro atoms. The van der Waals surface area contributed by atoms with E-state index in [4.69, 9.17) is 0 Å². The molecule has 2 unspecified atom stereocenters. The molecule has 2 N–H and O–H groups in total. The highest BCUT2D eigenvalue weighted by molar-refractivity contribution is 7.89. The fourth-order valence-corrected chi connectivity index (χ4v) is 3.50. The maximum atomic E-state index is 13.1. The van der Waals surface area contributed by atoms with E-state index >= 15 is 0 Å². The van der Waals surface area contributed by atoms with Crippen molar-refractivity contribution in [3.63, 3.8) is 0 Å². The fourth-order valence-electron chi connectivity index (χ4n) is 2.15. The van der Waals surface area contributed by atoms with Crippen LogP contribution in [0.2, 0.25) is 0 Å². The number of benzene rings is 1. The molecule has 7 nitrogen and oxygen atoms in total. The number of amides is 2. The van der Waals surface area contributed by atoms with E-state index in [2.05, 4.69) is 10.6 Å². The minimum Gasteiger partial charge on any atom is -0.353 e. The van der Waals surface area contributed by atoms with Crippen LogP contribution >= 0.6 is 0 Å². The molecule has 0 saturated heterocycles. The van der Waals surface area contributed by atoms with Crippen molar-refractivity contribution in [1.82, 2.24) is 14.9 Å². The Morgan fingerprint density at radius 3 is 1.74 bits per heavy atom. The van der Waals surface area contributed by atoms with Gasteiger partial charge in [-0.2, -0.15) is 4.31 Å². The van der Waals surface area contributed by atoms with Gasteiger partial charge in [0.15, 0.2) is 0 Å². The number of nitrogens with zero attached hydrogens (tertiary/aromatic N) is 1. The summed E-state index contributed by atoms with van der Waals surface area (Å²) in [5, 5.41) is 5.36. The highest BCUT2D eigenvalue weighted by atomic mass is 32.2. The van der Waals surface area contributed by atoms with Crippen LogP contribution in [0.1, 0.15) is 40.5 Å². The van der Waals surface area contributed by atoms with Gasteiger partial charge in [0.2, 0.25) is 21.8 Å². The Morgan fingerprint density at radius 2 is 1.37 bits per heavy atom. The van der Waals surface area contributed by atoms with Crippen LogP contribution in [-0.2, 0) is 19.6 Å². The van der Waals surface area contributed by atoms with Crippen LogP contribution < -0.4 is 10.6 Å². The summed E-state index contributed by atoms with van der Waals surface area (Å²) < 4.78 is 39.7. The second-order valence-corrected chi connectivity index (χ2v) is 8.42. The van der Waals surface area contributed by atoms with Gasteiger partial charge in [-0.25, -0.2) is 12.8 Å². The first kappa shape index (κ1) is 23.0. The Kier molecular flexibility index (Phi) is 8.84. The van der Waals surface area contributed by atoms with Crippen molar-refractivity contribution < 1.29 is 22.4 Å². The zero-order chi connectivity index (χ0) is 20.6. The predicted molar refractivity (Wildman–Crippen MR) is 101 cm³/mol. The number of halogens is 1. The fraction of sp³-hybridized carbons (Fsp3) is 0.556. The van der Waals surface area contributed by atoms with Gasteiger partial charge in [-0.1, -0.05) is 13.8 Å². The van der Waals surface area contributed by atoms with Crippen LogP contribution in [0.3, 0.4) is 0 Å². The highest BCUT2D eigenvalue weighted by Gasteiger charge is 2.29. The van der Waals surface area contributed by atoms with Crippen LogP contribution in [0.15, 0.2) is 29.2 Å². The molecule has 152 valence electrons. The summed E-state index contributed by atoms with van der Waals surface area (Å²) in [7, 11) is -4.15. The summed E-state index contributed by atoms with van der Waals surface area (Å²) in [5.74, 6) is -1.60. The van der Waals surface area contributed by atoms with E-state index in [9.17, 15) is 22.4 Å². The van der Waals surface area contributed by atoms with Crippen LogP contribution in [0, 0.1) is 5.82 Å². The van der Waals surface area contributed by atoms with Crippen molar-refractivity contribution in [2.24, 2.45) is 0 Å². The molecule has 0 aliphatic rings. The number of rotatable bonds is 10. The minimum atomic E-state index is -4.15. The largest absolute Gasteiger partial charge is 0.353 e. The van der Waals surface area contributed by atoms with E-state index in [0.717, 1.165) is 28.6 Å². The van der Waals surface area contributed by atoms with Gasteiger partial charge in [-0.3, -0.25) is 9.59 Å². The molecular formula is C18H28FN3O4S. The maximum Gasteiger partial charge on any atom is 0.244 e. The lowest BCUT2D eigenvalue weighted by atomic mass is 10.2. The van der Waals surface area contributed by atoms with Crippen LogP contribution in [0.5, 0.6) is 0 Å². The van der Waals surface area contributed by atoms with Crippen LogP contribution in [0.4, 0.5) is 4.39 Å². The van der Waals surface area contributed by atoms with Crippen molar-refractivity contribution >= 4 is 21.8 Å². The first-order valence-corrected chi connectivity index (χ1v) is 10.4. The van der Waals surface area contributed by atoms with Gasteiger partial charge >= 0.3 is 0 Å². The SMILES string of the molecule is CCC(C)NC(=O)CN(CC(=O)NC(C)CC)S(=O)(=O)c1ccc(F)cc1. The van der Waals surface area contributed by atoms with Crippen molar-refractivity contribution in [2.75, 3.05) is 13.1 Å². The Labute approximate surface area is 160 Å². The summed E-state index contributed by atoms with van der Waals surface area (Å²) in [6.07, 6.45) is 1.37. The standard InChI is InChI=1S/C18H28FN3O4S/c1-5-13(3)20-17(23)11-22(12-18(24)21-14(4)6-2)27(25,26)16-9-7-15(19)8-10-16/h7-10,13-14H,5-6,11-12H2,1-4H3,(H,20,23)(H,21,24). The molecule has 1 aromatic rings. The Balaban J connectivity index is 3.06. The minimum absolute atomic E-state index is 0.123. The Bertz CT molecular complexity index is 711. The Morgan fingerprint density at radius 1 is 0.963 bits per heavy atom. The molecule has 0 aromatic heterocycles. The predicted octanol–water partition coefficient (Wildman–Crippen LogP) is 1.65. The lowest BCUT2D eigenvalue weighted by Gasteiger charge is -2.23. The van der Waals surface area contributed by atoms with Gasteiger partial charge in [0.05, 0.1) is 18.0 Å². The summed E-state index contributed by atoms with van der Waals surface area (Å²) in [5.41, 5.74) is 0. The molecule has 0 saturated carbocycles. The number of carbonyl (C=O) groups is 2. The lowest BCUT2D eigenvalue weighted by Crippen LogP contribution is -2.48. The average Bonchev–Trinajstić information content (AvgIpc) is 2.61. The van der Waals surface area contributed by atoms with Gasteiger partial charge < -0.3 is 10.6 Å². The molecule has 1 rings (SSSR count). The summed E-state index contributed by atoms with van der Waals surface area (Å²) >= 11 is 0. The van der Waals surface area contributed by atoms with Gasteiger partial charge in [0, 0.05) is 12.1 Å². The summed E-state index contributed by atoms with van der Waals surface area (Å²) in [6, 6.07) is 4.00. The molecule has 0 radical (unpaired) electrons. The molecule has 2 amide bonds. The smallest absolute Gasteiger partial charge is 0.244 e. The van der Waals surface area contributed by atoms with E-state index in [0.29, 0.717) is 12.8 Å². The normalized spacial score (nSPS) is 13.9. The number of nitrogens with one attached hydrogen (secondary N) is 2. The van der Waals surface area contributed by atoms with Gasteiger partial charge in [0.25, 0.3) is 0 Å². The van der Waals surface area contributed by atoms with E-state index in [-0.39, 0.29) is 17.0 Å². The average molecular weight is 402 g/mol. The number of sulfonamides is 1. The monoisotopic (exact) mass is 401 g/mol. The molecule has 2 atom stereocenters. The third-order valence-electron chi connectivity index (χ3n) is 4.13. The summed E-state index contributed by atoms with van der Waals surface area (Å²) in [6.45, 7) is 6.36. The number of carbonyl (C=O) groups excluding carboxylic acids is 2. The quantitative estimate of drug-likeness (QED) is 0.623. The van der Waals surface area contributed by atoms with Crippen LogP contribution in [0.25, 0.3) is 0 Å². The van der Waals surface area contributed by atoms with Gasteiger partial charge in [0.1, 0.15) is 5.82 Å². The van der Waals surface area contributed by atoms with E-state index in [1.807, 2.05) is 13.8 Å². The summed E-state index contributed by atoms with van der Waals surface area (Å²) in [4.78, 5) is 24.2. The van der Waals surface area contributed by atoms with Crippen molar-refractivity contribution in [3.8, 4) is 0 Å². The van der Waals surface area contributed by atoms with Crippen molar-refractivity contribution in [1.29, 1.82) is 0 Å². The number of hydrogen-bond donors (Lipinski definition) is 2. The van der Waals surface area contributed by atoms with Crippen molar-refractivity contribution in [2.45, 2.75) is 57.5 Å². The van der Waals surface area contributed by atoms with Gasteiger partial charge in [-0.15, -0.1) is 0 Å². The Hall–Kier alpha value is -2.00. The van der Waals surface area contributed by atoms with Gasteiger partial charge in [-0.05, 0) is 51.0 Å². The molecule has 0 heterocycles. The first-order chi connectivity index (χ1) is 12.6. The maximum absolute atomic E-state index is 13.1. The lowest BCUT2D eigenvalue weighted by molar-refractivity contribution is -0.124. The topological polar surface area (TPSA) is 95.6 Å². The molecule has 1 aromatic carbocycles. The molecule has 0 aliphatic heterocycles. The zero-order valence-corrected chi connectivity index (χ0v) is 17.0. The molecule has 0 fully saturated rings. The van der Waals surface area contributed by atoms with Crippen molar-refractivity contribution in [3.05, 3.63) is 30.1 Å². The molecule has 27 heavy (non-hydrogen) atoms. The second kappa shape index (κ2) is 10.4. The first-order valence-electron chi connectivity index (χ1n) is 8.94. The number of hydrogen-bond acceptors (Lipinski definition) is 4. The van der Waals surface area contributed by atoms with Crippen LogP contribution in [-0.4, -0.2) is 49.7 Å². The second-order valence-electron chi connectivity index (χ2n) is 6.48. The zero-order valence-electron chi connectivity index (χ0n) is 16.2. The molecule has 0 bridgehead atoms. The third kappa shape index (κ3) is 7.26. The third-order valence-corrected chi connectivity index (χ3v) is 5.94. The van der Waals surface area contributed by atoms with E-state index in [1.165, 1.54) is 0 Å². The molecule has 9 heteroatoms. The molecule has 0 aliphatic carbocycles.